The molecule has 0 spiro atoms. The first-order valence-corrected chi connectivity index (χ1v) is 6.36. The molecule has 1 heterocycles. The first kappa shape index (κ1) is 13.4. The van der Waals surface area contributed by atoms with Crippen molar-refractivity contribution in [1.29, 1.82) is 0 Å². The number of nitrogens with one attached hydrogen (secondary N) is 1. The van der Waals surface area contributed by atoms with Gasteiger partial charge in [-0.25, -0.2) is 0 Å². The monoisotopic (exact) mass is 263 g/mol. The highest BCUT2D eigenvalue weighted by Crippen LogP contribution is 2.29. The molecule has 19 heavy (non-hydrogen) atoms. The quantitative estimate of drug-likeness (QED) is 0.875. The van der Waals surface area contributed by atoms with Crippen molar-refractivity contribution in [3.8, 4) is 11.5 Å². The van der Waals surface area contributed by atoms with E-state index >= 15 is 0 Å². The SMILES string of the molecule is CCCNC(=O)C(C)Oc1ccc2c(c1)OCC2=O. The predicted molar refractivity (Wildman–Crippen MR) is 69.7 cm³/mol. The summed E-state index contributed by atoms with van der Waals surface area (Å²) >= 11 is 0. The fourth-order valence-electron chi connectivity index (χ4n) is 1.80. The van der Waals surface area contributed by atoms with E-state index in [2.05, 4.69) is 5.32 Å². The lowest BCUT2D eigenvalue weighted by Crippen LogP contribution is -2.36. The van der Waals surface area contributed by atoms with Crippen LogP contribution in [0.15, 0.2) is 18.2 Å². The van der Waals surface area contributed by atoms with Crippen LogP contribution in [0.25, 0.3) is 0 Å². The van der Waals surface area contributed by atoms with Crippen molar-refractivity contribution < 1.29 is 19.1 Å². The minimum atomic E-state index is -0.582. The lowest BCUT2D eigenvalue weighted by molar-refractivity contribution is -0.127. The van der Waals surface area contributed by atoms with E-state index in [0.717, 1.165) is 6.42 Å². The van der Waals surface area contributed by atoms with Crippen molar-refractivity contribution in [2.45, 2.75) is 26.4 Å². The smallest absolute Gasteiger partial charge is 0.260 e. The number of benzene rings is 1. The maximum atomic E-state index is 11.7. The number of carbonyl (C=O) groups excluding carboxylic acids is 2. The molecular weight excluding hydrogens is 246 g/mol. The molecular formula is C14H17NO4. The van der Waals surface area contributed by atoms with E-state index in [9.17, 15) is 9.59 Å². The van der Waals surface area contributed by atoms with E-state index in [4.69, 9.17) is 9.47 Å². The second-order valence-electron chi connectivity index (χ2n) is 4.42. The van der Waals surface area contributed by atoms with Gasteiger partial charge >= 0.3 is 0 Å². The Morgan fingerprint density at radius 1 is 1.53 bits per heavy atom. The number of carbonyl (C=O) groups is 2. The Labute approximate surface area is 111 Å². The molecule has 1 aliphatic rings. The van der Waals surface area contributed by atoms with Crippen molar-refractivity contribution >= 4 is 11.7 Å². The van der Waals surface area contributed by atoms with Gasteiger partial charge in [0.05, 0.1) is 5.56 Å². The molecule has 1 aromatic rings. The Kier molecular flexibility index (Phi) is 4.04. The molecule has 5 heteroatoms. The third kappa shape index (κ3) is 3.05. The van der Waals surface area contributed by atoms with Crippen LogP contribution >= 0.6 is 0 Å². The number of ketones is 1. The van der Waals surface area contributed by atoms with Gasteiger partial charge in [0.1, 0.15) is 11.5 Å². The number of fused-ring (bicyclic) bond motifs is 1. The van der Waals surface area contributed by atoms with Gasteiger partial charge in [-0.3, -0.25) is 9.59 Å². The van der Waals surface area contributed by atoms with Crippen molar-refractivity contribution in [3.05, 3.63) is 23.8 Å². The summed E-state index contributed by atoms with van der Waals surface area (Å²) in [6, 6.07) is 4.98. The van der Waals surface area contributed by atoms with E-state index in [0.29, 0.717) is 23.6 Å². The van der Waals surface area contributed by atoms with Crippen molar-refractivity contribution in [3.63, 3.8) is 0 Å². The van der Waals surface area contributed by atoms with Crippen molar-refractivity contribution in [2.24, 2.45) is 0 Å². The summed E-state index contributed by atoms with van der Waals surface area (Å²) in [7, 11) is 0. The number of amides is 1. The lowest BCUT2D eigenvalue weighted by atomic mass is 10.1. The molecule has 1 unspecified atom stereocenters. The summed E-state index contributed by atoms with van der Waals surface area (Å²) in [5.41, 5.74) is 0.565. The van der Waals surface area contributed by atoms with Crippen LogP contribution in [-0.2, 0) is 4.79 Å². The first-order chi connectivity index (χ1) is 9.11. The van der Waals surface area contributed by atoms with Crippen LogP contribution < -0.4 is 14.8 Å². The Morgan fingerprint density at radius 2 is 2.32 bits per heavy atom. The highest BCUT2D eigenvalue weighted by molar-refractivity contribution is 6.02. The molecule has 0 bridgehead atoms. The number of hydrogen-bond donors (Lipinski definition) is 1. The summed E-state index contributed by atoms with van der Waals surface area (Å²) in [5.74, 6) is 0.853. The molecule has 0 aromatic heterocycles. The third-order valence-corrected chi connectivity index (χ3v) is 2.84. The zero-order chi connectivity index (χ0) is 13.8. The molecule has 0 saturated carbocycles. The van der Waals surface area contributed by atoms with Crippen LogP contribution in [0.3, 0.4) is 0 Å². The maximum Gasteiger partial charge on any atom is 0.260 e. The van der Waals surface area contributed by atoms with Gasteiger partial charge in [0.15, 0.2) is 12.7 Å². The summed E-state index contributed by atoms with van der Waals surface area (Å²) in [6.07, 6.45) is 0.300. The van der Waals surface area contributed by atoms with E-state index in [1.54, 1.807) is 25.1 Å². The number of rotatable bonds is 5. The third-order valence-electron chi connectivity index (χ3n) is 2.84. The van der Waals surface area contributed by atoms with E-state index in [-0.39, 0.29) is 18.3 Å². The molecule has 1 N–H and O–H groups in total. The van der Waals surface area contributed by atoms with Crippen LogP contribution in [0.5, 0.6) is 11.5 Å². The minimum absolute atomic E-state index is 0.0321. The lowest BCUT2D eigenvalue weighted by Gasteiger charge is -2.14. The second kappa shape index (κ2) is 5.73. The Morgan fingerprint density at radius 3 is 3.05 bits per heavy atom. The average molecular weight is 263 g/mol. The highest BCUT2D eigenvalue weighted by Gasteiger charge is 2.22. The Hall–Kier alpha value is -2.04. The molecule has 0 saturated heterocycles. The summed E-state index contributed by atoms with van der Waals surface area (Å²) in [5, 5.41) is 2.76. The highest BCUT2D eigenvalue weighted by atomic mass is 16.5. The van der Waals surface area contributed by atoms with Crippen LogP contribution in [0.2, 0.25) is 0 Å². The van der Waals surface area contributed by atoms with Gasteiger partial charge in [0.2, 0.25) is 5.78 Å². The molecule has 1 aromatic carbocycles. The Bertz CT molecular complexity index is 498. The van der Waals surface area contributed by atoms with Crippen LogP contribution in [-0.4, -0.2) is 30.9 Å². The molecule has 0 fully saturated rings. The number of ether oxygens (including phenoxy) is 2. The summed E-state index contributed by atoms with van der Waals surface area (Å²) in [4.78, 5) is 23.1. The first-order valence-electron chi connectivity index (χ1n) is 6.36. The van der Waals surface area contributed by atoms with Gasteiger partial charge < -0.3 is 14.8 Å². The molecule has 1 aliphatic heterocycles. The molecule has 0 aliphatic carbocycles. The van der Waals surface area contributed by atoms with Gasteiger partial charge in [-0.1, -0.05) is 6.92 Å². The molecule has 102 valence electrons. The second-order valence-corrected chi connectivity index (χ2v) is 4.42. The molecule has 1 amide bonds. The minimum Gasteiger partial charge on any atom is -0.485 e. The van der Waals surface area contributed by atoms with E-state index in [1.807, 2.05) is 6.92 Å². The zero-order valence-electron chi connectivity index (χ0n) is 11.1. The fourth-order valence-corrected chi connectivity index (χ4v) is 1.80. The van der Waals surface area contributed by atoms with Gasteiger partial charge in [-0.2, -0.15) is 0 Å². The number of Topliss-reactive ketones (excluding diaryl/α,β-unsaturated/α-hetero) is 1. The fraction of sp³-hybridized carbons (Fsp3) is 0.429. The summed E-state index contributed by atoms with van der Waals surface area (Å²) < 4.78 is 10.8. The van der Waals surface area contributed by atoms with Crippen molar-refractivity contribution in [1.82, 2.24) is 5.32 Å². The number of hydrogen-bond acceptors (Lipinski definition) is 4. The Balaban J connectivity index is 2.00. The van der Waals surface area contributed by atoms with Crippen LogP contribution in [0, 0.1) is 0 Å². The predicted octanol–water partition coefficient (Wildman–Crippen LogP) is 1.56. The maximum absolute atomic E-state index is 11.7. The average Bonchev–Trinajstić information content (AvgIpc) is 2.77. The standard InChI is InChI=1S/C14H17NO4/c1-3-6-15-14(17)9(2)19-10-4-5-11-12(16)8-18-13(11)7-10/h4-5,7,9H,3,6,8H2,1-2H3,(H,15,17). The van der Waals surface area contributed by atoms with E-state index in [1.165, 1.54) is 0 Å². The van der Waals surface area contributed by atoms with Gasteiger partial charge in [-0.15, -0.1) is 0 Å². The molecule has 1 atom stereocenters. The molecule has 2 rings (SSSR count). The van der Waals surface area contributed by atoms with E-state index < -0.39 is 6.10 Å². The van der Waals surface area contributed by atoms with Crippen molar-refractivity contribution in [2.75, 3.05) is 13.2 Å². The van der Waals surface area contributed by atoms with Crippen LogP contribution in [0.4, 0.5) is 0 Å². The molecule has 0 radical (unpaired) electrons. The largest absolute Gasteiger partial charge is 0.485 e. The molecule has 5 nitrogen and oxygen atoms in total. The zero-order valence-corrected chi connectivity index (χ0v) is 11.1. The van der Waals surface area contributed by atoms with Gasteiger partial charge in [0, 0.05) is 12.6 Å². The summed E-state index contributed by atoms with van der Waals surface area (Å²) in [6.45, 7) is 4.38. The van der Waals surface area contributed by atoms with Crippen LogP contribution in [0.1, 0.15) is 30.6 Å². The van der Waals surface area contributed by atoms with Gasteiger partial charge in [0.25, 0.3) is 5.91 Å². The van der Waals surface area contributed by atoms with Gasteiger partial charge in [-0.05, 0) is 25.5 Å². The normalized spacial score (nSPS) is 14.5. The topological polar surface area (TPSA) is 64.6 Å².